The Bertz CT molecular complexity index is 908. The number of hydrogen-bond acceptors (Lipinski definition) is 4. The Morgan fingerprint density at radius 2 is 1.88 bits per heavy atom. The monoisotopic (exact) mass is 374 g/mol. The van der Waals surface area contributed by atoms with Crippen molar-refractivity contribution < 1.29 is 17.9 Å². The van der Waals surface area contributed by atoms with Crippen LogP contribution in [0.1, 0.15) is 18.1 Å². The molecule has 2 aromatic rings. The highest BCUT2D eigenvalue weighted by Crippen LogP contribution is 2.31. The van der Waals surface area contributed by atoms with Crippen molar-refractivity contribution in [2.75, 3.05) is 29.0 Å². The van der Waals surface area contributed by atoms with Gasteiger partial charge >= 0.3 is 0 Å². The number of anilines is 2. The van der Waals surface area contributed by atoms with Gasteiger partial charge in [-0.1, -0.05) is 12.1 Å². The van der Waals surface area contributed by atoms with Crippen LogP contribution in [0.4, 0.5) is 11.4 Å². The zero-order valence-electron chi connectivity index (χ0n) is 14.9. The van der Waals surface area contributed by atoms with Crippen molar-refractivity contribution >= 4 is 27.3 Å². The van der Waals surface area contributed by atoms with Crippen molar-refractivity contribution in [3.05, 3.63) is 53.6 Å². The number of amides is 1. The lowest BCUT2D eigenvalue weighted by atomic mass is 10.1. The highest BCUT2D eigenvalue weighted by Gasteiger charge is 2.26. The number of fused-ring (bicyclic) bond motifs is 1. The molecule has 0 unspecified atom stereocenters. The van der Waals surface area contributed by atoms with Crippen molar-refractivity contribution in [1.82, 2.24) is 0 Å². The van der Waals surface area contributed by atoms with Gasteiger partial charge in [-0.2, -0.15) is 0 Å². The van der Waals surface area contributed by atoms with E-state index in [9.17, 15) is 13.2 Å². The summed E-state index contributed by atoms with van der Waals surface area (Å²) in [6.45, 7) is 2.53. The summed E-state index contributed by atoms with van der Waals surface area (Å²) < 4.78 is 32.4. The van der Waals surface area contributed by atoms with Crippen LogP contribution in [0.25, 0.3) is 0 Å². The van der Waals surface area contributed by atoms with Crippen LogP contribution in [0, 0.1) is 0 Å². The second kappa shape index (κ2) is 7.37. The molecule has 0 saturated heterocycles. The molecule has 1 aliphatic rings. The number of likely N-dealkylation sites (N-methyl/N-ethyl adjacent to an activating group) is 1. The number of carbonyl (C=O) groups excluding carboxylic acids is 1. The van der Waals surface area contributed by atoms with Crippen LogP contribution in [-0.4, -0.2) is 33.7 Å². The van der Waals surface area contributed by atoms with Crippen LogP contribution in [0.3, 0.4) is 0 Å². The van der Waals surface area contributed by atoms with E-state index in [0.717, 1.165) is 22.6 Å². The third-order valence-corrected chi connectivity index (χ3v) is 5.71. The maximum atomic E-state index is 12.4. The van der Waals surface area contributed by atoms with Crippen molar-refractivity contribution in [1.29, 1.82) is 0 Å². The summed E-state index contributed by atoms with van der Waals surface area (Å²) in [6, 6.07) is 12.6. The van der Waals surface area contributed by atoms with Gasteiger partial charge in [0.25, 0.3) is 0 Å². The first-order valence-electron chi connectivity index (χ1n) is 8.48. The van der Waals surface area contributed by atoms with E-state index in [1.54, 1.807) is 30.2 Å². The van der Waals surface area contributed by atoms with Gasteiger partial charge in [-0.3, -0.25) is 9.52 Å². The van der Waals surface area contributed by atoms with Crippen molar-refractivity contribution in [2.45, 2.75) is 19.8 Å². The number of carbonyl (C=O) groups is 1. The number of ether oxygens (including phenoxy) is 1. The Kier molecular flexibility index (Phi) is 5.18. The second-order valence-corrected chi connectivity index (χ2v) is 8.02. The number of aryl methyl sites for hydroxylation is 1. The van der Waals surface area contributed by atoms with Gasteiger partial charge in [0.2, 0.25) is 15.9 Å². The molecule has 7 heteroatoms. The topological polar surface area (TPSA) is 75.7 Å². The van der Waals surface area contributed by atoms with Crippen LogP contribution in [0.2, 0.25) is 0 Å². The molecule has 1 aliphatic heterocycles. The molecular formula is C19H22N2O4S. The molecular weight excluding hydrogens is 352 g/mol. The van der Waals surface area contributed by atoms with Crippen LogP contribution in [0.5, 0.6) is 5.75 Å². The van der Waals surface area contributed by atoms with Gasteiger partial charge in [-0.05, 0) is 54.8 Å². The molecule has 0 saturated carbocycles. The zero-order valence-corrected chi connectivity index (χ0v) is 15.7. The summed E-state index contributed by atoms with van der Waals surface area (Å²) in [7, 11) is -1.89. The fraction of sp³-hybridized carbons (Fsp3) is 0.316. The molecule has 1 amide bonds. The molecule has 1 N–H and O–H groups in total. The molecule has 1 heterocycles. The summed E-state index contributed by atoms with van der Waals surface area (Å²) in [5, 5.41) is 0. The number of nitrogens with one attached hydrogen (secondary N) is 1. The van der Waals surface area contributed by atoms with Crippen LogP contribution in [-0.2, 0) is 27.7 Å². The zero-order chi connectivity index (χ0) is 18.7. The first-order valence-corrected chi connectivity index (χ1v) is 10.1. The minimum Gasteiger partial charge on any atom is -0.497 e. The van der Waals surface area contributed by atoms with E-state index in [0.29, 0.717) is 25.1 Å². The standard InChI is InChI=1S/C19H22N2O4S/c1-3-21-18-9-6-16(12-15(18)13-19(21)22)20-26(23,24)11-10-14-4-7-17(25-2)8-5-14/h4-9,12,20H,3,10-11,13H2,1-2H3. The molecule has 0 radical (unpaired) electrons. The lowest BCUT2D eigenvalue weighted by Crippen LogP contribution is -2.25. The molecule has 0 aromatic heterocycles. The van der Waals surface area contributed by atoms with Gasteiger partial charge in [0.05, 0.1) is 19.3 Å². The van der Waals surface area contributed by atoms with E-state index >= 15 is 0 Å². The highest BCUT2D eigenvalue weighted by atomic mass is 32.2. The van der Waals surface area contributed by atoms with E-state index < -0.39 is 10.0 Å². The summed E-state index contributed by atoms with van der Waals surface area (Å²) in [6.07, 6.45) is 0.719. The molecule has 0 aliphatic carbocycles. The predicted octanol–water partition coefficient (Wildman–Crippen LogP) is 2.59. The number of rotatable bonds is 7. The Hall–Kier alpha value is -2.54. The lowest BCUT2D eigenvalue weighted by Gasteiger charge is -2.15. The molecule has 6 nitrogen and oxygen atoms in total. The molecule has 0 atom stereocenters. The second-order valence-electron chi connectivity index (χ2n) is 6.18. The van der Waals surface area contributed by atoms with Crippen LogP contribution < -0.4 is 14.4 Å². The van der Waals surface area contributed by atoms with E-state index in [4.69, 9.17) is 4.74 Å². The maximum Gasteiger partial charge on any atom is 0.233 e. The van der Waals surface area contributed by atoms with E-state index in [1.807, 2.05) is 31.2 Å². The number of sulfonamides is 1. The third kappa shape index (κ3) is 3.99. The average Bonchev–Trinajstić information content (AvgIpc) is 2.94. The van der Waals surface area contributed by atoms with Gasteiger partial charge < -0.3 is 9.64 Å². The number of hydrogen-bond donors (Lipinski definition) is 1. The van der Waals surface area contributed by atoms with Crippen LogP contribution >= 0.6 is 0 Å². The fourth-order valence-corrected chi connectivity index (χ4v) is 4.16. The van der Waals surface area contributed by atoms with Crippen molar-refractivity contribution in [2.24, 2.45) is 0 Å². The maximum absolute atomic E-state index is 12.4. The Morgan fingerprint density at radius 1 is 1.15 bits per heavy atom. The first-order chi connectivity index (χ1) is 12.4. The molecule has 2 aromatic carbocycles. The molecule has 138 valence electrons. The molecule has 0 bridgehead atoms. The average molecular weight is 374 g/mol. The molecule has 0 fully saturated rings. The summed E-state index contributed by atoms with van der Waals surface area (Å²) in [5.74, 6) is 0.765. The smallest absolute Gasteiger partial charge is 0.233 e. The highest BCUT2D eigenvalue weighted by molar-refractivity contribution is 7.92. The number of methoxy groups -OCH3 is 1. The minimum atomic E-state index is -3.48. The van der Waals surface area contributed by atoms with Gasteiger partial charge in [0.15, 0.2) is 0 Å². The van der Waals surface area contributed by atoms with Gasteiger partial charge in [0.1, 0.15) is 5.75 Å². The third-order valence-electron chi connectivity index (χ3n) is 4.42. The normalized spacial score (nSPS) is 13.6. The summed E-state index contributed by atoms with van der Waals surface area (Å²) in [5.41, 5.74) is 3.13. The van der Waals surface area contributed by atoms with Gasteiger partial charge in [-0.15, -0.1) is 0 Å². The predicted molar refractivity (Wildman–Crippen MR) is 102 cm³/mol. The van der Waals surface area contributed by atoms with Gasteiger partial charge in [0, 0.05) is 17.9 Å². The largest absolute Gasteiger partial charge is 0.497 e. The number of nitrogens with zero attached hydrogens (tertiary/aromatic N) is 1. The molecule has 0 spiro atoms. The summed E-state index contributed by atoms with van der Waals surface area (Å²) in [4.78, 5) is 13.6. The number of benzene rings is 2. The molecule has 3 rings (SSSR count). The van der Waals surface area contributed by atoms with Crippen molar-refractivity contribution in [3.63, 3.8) is 0 Å². The Balaban J connectivity index is 1.66. The van der Waals surface area contributed by atoms with Gasteiger partial charge in [-0.25, -0.2) is 8.42 Å². The van der Waals surface area contributed by atoms with E-state index in [-0.39, 0.29) is 11.7 Å². The first kappa shape index (κ1) is 18.3. The van der Waals surface area contributed by atoms with Crippen molar-refractivity contribution in [3.8, 4) is 5.75 Å². The van der Waals surface area contributed by atoms with Crippen LogP contribution in [0.15, 0.2) is 42.5 Å². The summed E-state index contributed by atoms with van der Waals surface area (Å²) >= 11 is 0. The van der Waals surface area contributed by atoms with E-state index in [2.05, 4.69) is 4.72 Å². The molecule has 26 heavy (non-hydrogen) atoms. The SMILES string of the molecule is CCN1C(=O)Cc2cc(NS(=O)(=O)CCc3ccc(OC)cc3)ccc21. The van der Waals surface area contributed by atoms with E-state index in [1.165, 1.54) is 0 Å². The Labute approximate surface area is 153 Å². The minimum absolute atomic E-state index is 0.0174. The lowest BCUT2D eigenvalue weighted by molar-refractivity contribution is -0.117. The Morgan fingerprint density at radius 3 is 2.54 bits per heavy atom. The fourth-order valence-electron chi connectivity index (χ4n) is 3.07. The quantitative estimate of drug-likeness (QED) is 0.808.